The molecule has 1 atom stereocenters. The van der Waals surface area contributed by atoms with Gasteiger partial charge in [-0.2, -0.15) is 0 Å². The predicted octanol–water partition coefficient (Wildman–Crippen LogP) is 3.57. The van der Waals surface area contributed by atoms with E-state index in [1.165, 1.54) is 31.4 Å². The first-order valence-electron chi connectivity index (χ1n) is 6.52. The van der Waals surface area contributed by atoms with Crippen molar-refractivity contribution in [2.45, 2.75) is 19.6 Å². The zero-order valence-electron chi connectivity index (χ0n) is 11.9. The molecule has 0 unspecified atom stereocenters. The van der Waals surface area contributed by atoms with Crippen LogP contribution in [0.2, 0.25) is 0 Å². The molecule has 0 aliphatic rings. The molecule has 2 aromatic carbocycles. The van der Waals surface area contributed by atoms with Crippen LogP contribution in [0.5, 0.6) is 11.5 Å². The van der Waals surface area contributed by atoms with Crippen LogP contribution in [0.3, 0.4) is 0 Å². The fourth-order valence-electron chi connectivity index (χ4n) is 1.99. The zero-order valence-corrected chi connectivity index (χ0v) is 11.9. The summed E-state index contributed by atoms with van der Waals surface area (Å²) in [6, 6.07) is 8.53. The molecule has 0 spiro atoms. The Labute approximate surface area is 122 Å². The highest BCUT2D eigenvalue weighted by molar-refractivity contribution is 5.37. The van der Waals surface area contributed by atoms with Gasteiger partial charge in [-0.05, 0) is 31.2 Å². The molecule has 3 nitrogen and oxygen atoms in total. The van der Waals surface area contributed by atoms with Crippen LogP contribution in [0, 0.1) is 11.6 Å². The van der Waals surface area contributed by atoms with E-state index >= 15 is 0 Å². The highest BCUT2D eigenvalue weighted by Gasteiger charge is 2.12. The van der Waals surface area contributed by atoms with E-state index in [-0.39, 0.29) is 24.2 Å². The summed E-state index contributed by atoms with van der Waals surface area (Å²) in [5, 5.41) is 0. The van der Waals surface area contributed by atoms with Crippen LogP contribution in [0.15, 0.2) is 36.4 Å². The quantitative estimate of drug-likeness (QED) is 0.916. The van der Waals surface area contributed by atoms with E-state index in [0.717, 1.165) is 0 Å². The first-order valence-corrected chi connectivity index (χ1v) is 6.52. The highest BCUT2D eigenvalue weighted by atomic mass is 19.1. The van der Waals surface area contributed by atoms with Gasteiger partial charge in [0.05, 0.1) is 7.11 Å². The molecule has 2 N–H and O–H groups in total. The third kappa shape index (κ3) is 3.49. The first kappa shape index (κ1) is 15.3. The highest BCUT2D eigenvalue weighted by Crippen LogP contribution is 2.27. The molecule has 0 saturated carbocycles. The first-order chi connectivity index (χ1) is 10.0. The molecule has 0 heterocycles. The molecule has 2 aromatic rings. The van der Waals surface area contributed by atoms with Crippen LogP contribution >= 0.6 is 0 Å². The van der Waals surface area contributed by atoms with Crippen LogP contribution in [-0.2, 0) is 6.61 Å². The van der Waals surface area contributed by atoms with E-state index in [0.29, 0.717) is 16.9 Å². The van der Waals surface area contributed by atoms with Gasteiger partial charge in [0.1, 0.15) is 18.2 Å². The molecule has 2 rings (SSSR count). The molecule has 0 amide bonds. The number of halogens is 2. The van der Waals surface area contributed by atoms with Crippen molar-refractivity contribution in [1.29, 1.82) is 0 Å². The van der Waals surface area contributed by atoms with Crippen LogP contribution in [0.1, 0.15) is 24.1 Å². The summed E-state index contributed by atoms with van der Waals surface area (Å²) in [6.45, 7) is 1.74. The van der Waals surface area contributed by atoms with Gasteiger partial charge in [-0.3, -0.25) is 0 Å². The summed E-state index contributed by atoms with van der Waals surface area (Å²) in [7, 11) is 1.40. The lowest BCUT2D eigenvalue weighted by molar-refractivity contribution is 0.291. The number of rotatable bonds is 5. The standard InChI is InChI=1S/C16H17F2NO2/c1-10(19)13-8-12(17)6-7-14(13)21-9-11-4-3-5-15(20-2)16(11)18/h3-8,10H,9,19H2,1-2H3/t10-/m1/s1. The topological polar surface area (TPSA) is 44.5 Å². The Hall–Kier alpha value is -2.14. The SMILES string of the molecule is COc1cccc(COc2ccc(F)cc2[C@@H](C)N)c1F. The second kappa shape index (κ2) is 6.54. The summed E-state index contributed by atoms with van der Waals surface area (Å²) in [5.41, 5.74) is 6.68. The molecule has 0 radical (unpaired) electrons. The van der Waals surface area contributed by atoms with Gasteiger partial charge >= 0.3 is 0 Å². The van der Waals surface area contributed by atoms with Gasteiger partial charge in [0.25, 0.3) is 0 Å². The molecule has 112 valence electrons. The second-order valence-electron chi connectivity index (χ2n) is 4.69. The molecule has 0 aromatic heterocycles. The summed E-state index contributed by atoms with van der Waals surface area (Å²) in [5.74, 6) is -0.261. The normalized spacial score (nSPS) is 12.0. The Kier molecular flexibility index (Phi) is 4.75. The van der Waals surface area contributed by atoms with Crippen molar-refractivity contribution in [2.24, 2.45) is 5.73 Å². The number of hydrogen-bond donors (Lipinski definition) is 1. The van der Waals surface area contributed by atoms with Crippen LogP contribution in [0.25, 0.3) is 0 Å². The van der Waals surface area contributed by atoms with Gasteiger partial charge < -0.3 is 15.2 Å². The average Bonchev–Trinajstić information content (AvgIpc) is 2.47. The zero-order chi connectivity index (χ0) is 15.4. The van der Waals surface area contributed by atoms with Crippen molar-refractivity contribution in [3.8, 4) is 11.5 Å². The summed E-state index contributed by atoms with van der Waals surface area (Å²) in [4.78, 5) is 0. The Bertz CT molecular complexity index is 630. The smallest absolute Gasteiger partial charge is 0.171 e. The average molecular weight is 293 g/mol. The maximum Gasteiger partial charge on any atom is 0.171 e. The largest absolute Gasteiger partial charge is 0.494 e. The molecule has 21 heavy (non-hydrogen) atoms. The van der Waals surface area contributed by atoms with Gasteiger partial charge in [-0.15, -0.1) is 0 Å². The Morgan fingerprint density at radius 2 is 1.90 bits per heavy atom. The third-order valence-electron chi connectivity index (χ3n) is 3.11. The maximum atomic E-state index is 14.0. The van der Waals surface area contributed by atoms with E-state index in [1.54, 1.807) is 19.1 Å². The van der Waals surface area contributed by atoms with Crippen molar-refractivity contribution in [1.82, 2.24) is 0 Å². The summed E-state index contributed by atoms with van der Waals surface area (Å²) < 4.78 is 37.7. The summed E-state index contributed by atoms with van der Waals surface area (Å²) >= 11 is 0. The molecule has 0 aliphatic heterocycles. The Balaban J connectivity index is 2.21. The van der Waals surface area contributed by atoms with Gasteiger partial charge in [-0.25, -0.2) is 8.78 Å². The minimum Gasteiger partial charge on any atom is -0.494 e. The Morgan fingerprint density at radius 3 is 2.57 bits per heavy atom. The summed E-state index contributed by atoms with van der Waals surface area (Å²) in [6.07, 6.45) is 0. The molecular formula is C16H17F2NO2. The van der Waals surface area contributed by atoms with Gasteiger partial charge in [0.2, 0.25) is 0 Å². The van der Waals surface area contributed by atoms with Crippen LogP contribution in [0.4, 0.5) is 8.78 Å². The maximum absolute atomic E-state index is 14.0. The van der Waals surface area contributed by atoms with E-state index in [4.69, 9.17) is 15.2 Å². The van der Waals surface area contributed by atoms with E-state index in [9.17, 15) is 8.78 Å². The molecular weight excluding hydrogens is 276 g/mol. The monoisotopic (exact) mass is 293 g/mol. The Morgan fingerprint density at radius 1 is 1.14 bits per heavy atom. The lowest BCUT2D eigenvalue weighted by Crippen LogP contribution is -2.09. The lowest BCUT2D eigenvalue weighted by Gasteiger charge is -2.15. The van der Waals surface area contributed by atoms with Gasteiger partial charge in [0, 0.05) is 17.2 Å². The minimum absolute atomic E-state index is 0.00832. The minimum atomic E-state index is -0.468. The molecule has 0 saturated heterocycles. The third-order valence-corrected chi connectivity index (χ3v) is 3.11. The lowest BCUT2D eigenvalue weighted by atomic mass is 10.1. The van der Waals surface area contributed by atoms with Crippen molar-refractivity contribution in [3.05, 3.63) is 59.2 Å². The van der Waals surface area contributed by atoms with Crippen LogP contribution < -0.4 is 15.2 Å². The van der Waals surface area contributed by atoms with E-state index in [2.05, 4.69) is 0 Å². The fourth-order valence-corrected chi connectivity index (χ4v) is 1.99. The predicted molar refractivity (Wildman–Crippen MR) is 76.3 cm³/mol. The van der Waals surface area contributed by atoms with Crippen molar-refractivity contribution in [3.63, 3.8) is 0 Å². The number of methoxy groups -OCH3 is 1. The molecule has 0 aliphatic carbocycles. The number of nitrogens with two attached hydrogens (primary N) is 1. The van der Waals surface area contributed by atoms with E-state index < -0.39 is 5.82 Å². The molecule has 0 fully saturated rings. The second-order valence-corrected chi connectivity index (χ2v) is 4.69. The molecule has 0 bridgehead atoms. The number of ether oxygens (including phenoxy) is 2. The number of benzene rings is 2. The van der Waals surface area contributed by atoms with Gasteiger partial charge in [-0.1, -0.05) is 12.1 Å². The van der Waals surface area contributed by atoms with Crippen molar-refractivity contribution < 1.29 is 18.3 Å². The van der Waals surface area contributed by atoms with Crippen molar-refractivity contribution in [2.75, 3.05) is 7.11 Å². The molecule has 5 heteroatoms. The van der Waals surface area contributed by atoms with Crippen LogP contribution in [-0.4, -0.2) is 7.11 Å². The fraction of sp³-hybridized carbons (Fsp3) is 0.250. The van der Waals surface area contributed by atoms with E-state index in [1.807, 2.05) is 0 Å². The van der Waals surface area contributed by atoms with Crippen molar-refractivity contribution >= 4 is 0 Å². The number of hydrogen-bond acceptors (Lipinski definition) is 3. The van der Waals surface area contributed by atoms with Gasteiger partial charge in [0.15, 0.2) is 11.6 Å².